The van der Waals surface area contributed by atoms with E-state index in [1.165, 1.54) is 7.11 Å². The van der Waals surface area contributed by atoms with Gasteiger partial charge < -0.3 is 9.84 Å². The van der Waals surface area contributed by atoms with Crippen LogP contribution >= 0.6 is 11.6 Å². The van der Waals surface area contributed by atoms with E-state index in [0.717, 1.165) is 12.1 Å². The fourth-order valence-electron chi connectivity index (χ4n) is 0.975. The molecular formula is C9H6ClFO4. The highest BCUT2D eigenvalue weighted by Crippen LogP contribution is 2.27. The van der Waals surface area contributed by atoms with Crippen LogP contribution in [-0.2, 0) is 4.79 Å². The first kappa shape index (κ1) is 11.5. The topological polar surface area (TPSA) is 63.6 Å². The molecule has 1 N–H and O–H groups in total. The Labute approximate surface area is 89.2 Å². The van der Waals surface area contributed by atoms with Gasteiger partial charge in [0.25, 0.3) is 5.78 Å². The van der Waals surface area contributed by atoms with Gasteiger partial charge in [0, 0.05) is 0 Å². The Morgan fingerprint density at radius 3 is 2.53 bits per heavy atom. The van der Waals surface area contributed by atoms with Crippen LogP contribution in [0.15, 0.2) is 12.1 Å². The molecule has 6 heteroatoms. The van der Waals surface area contributed by atoms with Crippen molar-refractivity contribution in [3.05, 3.63) is 28.5 Å². The Bertz CT molecular complexity index is 430. The standard InChI is InChI=1S/C9H6ClFO4/c1-15-7-2-4(8(12)9(13)14)6(11)3-5(7)10/h2-3H,1H3,(H,13,14). The predicted molar refractivity (Wildman–Crippen MR) is 49.9 cm³/mol. The molecule has 0 aliphatic rings. The van der Waals surface area contributed by atoms with Gasteiger partial charge in [0.05, 0.1) is 17.7 Å². The molecule has 1 aromatic rings. The quantitative estimate of drug-likeness (QED) is 0.637. The summed E-state index contributed by atoms with van der Waals surface area (Å²) in [6.45, 7) is 0. The molecule has 0 saturated heterocycles. The Morgan fingerprint density at radius 2 is 2.07 bits per heavy atom. The molecule has 0 amide bonds. The van der Waals surface area contributed by atoms with Crippen LogP contribution in [0.25, 0.3) is 0 Å². The molecule has 80 valence electrons. The highest BCUT2D eigenvalue weighted by molar-refractivity contribution is 6.40. The Hall–Kier alpha value is -1.62. The molecule has 0 spiro atoms. The number of ether oxygens (including phenoxy) is 1. The van der Waals surface area contributed by atoms with E-state index in [2.05, 4.69) is 0 Å². The maximum atomic E-state index is 13.2. The number of benzene rings is 1. The van der Waals surface area contributed by atoms with Crippen molar-refractivity contribution < 1.29 is 23.8 Å². The molecule has 0 radical (unpaired) electrons. The molecule has 15 heavy (non-hydrogen) atoms. The van der Waals surface area contributed by atoms with Gasteiger partial charge in [-0.25, -0.2) is 9.18 Å². The van der Waals surface area contributed by atoms with E-state index in [1.807, 2.05) is 0 Å². The second kappa shape index (κ2) is 4.27. The first-order valence-corrected chi connectivity index (χ1v) is 4.15. The van der Waals surface area contributed by atoms with E-state index in [4.69, 9.17) is 21.4 Å². The lowest BCUT2D eigenvalue weighted by Gasteiger charge is -2.05. The van der Waals surface area contributed by atoms with E-state index < -0.39 is 23.1 Å². The lowest BCUT2D eigenvalue weighted by molar-refractivity contribution is -0.131. The number of carboxylic acid groups (broad SMARTS) is 1. The lowest BCUT2D eigenvalue weighted by atomic mass is 10.1. The van der Waals surface area contributed by atoms with Crippen molar-refractivity contribution in [3.63, 3.8) is 0 Å². The molecule has 4 nitrogen and oxygen atoms in total. The van der Waals surface area contributed by atoms with Crippen molar-refractivity contribution in [3.8, 4) is 5.75 Å². The van der Waals surface area contributed by atoms with E-state index in [1.54, 1.807) is 0 Å². The molecule has 0 aliphatic carbocycles. The van der Waals surface area contributed by atoms with Gasteiger partial charge in [0.2, 0.25) is 0 Å². The molecule has 0 aliphatic heterocycles. The van der Waals surface area contributed by atoms with Crippen LogP contribution < -0.4 is 4.74 Å². The van der Waals surface area contributed by atoms with E-state index in [9.17, 15) is 14.0 Å². The summed E-state index contributed by atoms with van der Waals surface area (Å²) in [5.41, 5.74) is -0.580. The van der Waals surface area contributed by atoms with Gasteiger partial charge in [-0.1, -0.05) is 11.6 Å². The van der Waals surface area contributed by atoms with Crippen LogP contribution in [0.4, 0.5) is 4.39 Å². The third-order valence-electron chi connectivity index (χ3n) is 1.68. The Morgan fingerprint density at radius 1 is 1.47 bits per heavy atom. The number of methoxy groups -OCH3 is 1. The normalized spacial score (nSPS) is 9.80. The summed E-state index contributed by atoms with van der Waals surface area (Å²) in [5.74, 6) is -4.03. The molecule has 1 rings (SSSR count). The number of halogens is 2. The molecule has 0 atom stereocenters. The fourth-order valence-corrected chi connectivity index (χ4v) is 1.20. The van der Waals surface area contributed by atoms with Crippen molar-refractivity contribution in [2.75, 3.05) is 7.11 Å². The summed E-state index contributed by atoms with van der Waals surface area (Å²) in [7, 11) is 1.27. The minimum atomic E-state index is -1.74. The number of carbonyl (C=O) groups is 2. The monoisotopic (exact) mass is 232 g/mol. The lowest BCUT2D eigenvalue weighted by Crippen LogP contribution is -2.14. The fraction of sp³-hybridized carbons (Fsp3) is 0.111. The average Bonchev–Trinajstić information content (AvgIpc) is 2.17. The molecular weight excluding hydrogens is 227 g/mol. The second-order valence-electron chi connectivity index (χ2n) is 2.60. The number of hydrogen-bond donors (Lipinski definition) is 1. The number of Topliss-reactive ketones (excluding diaryl/α,β-unsaturated/α-hetero) is 1. The minimum Gasteiger partial charge on any atom is -0.495 e. The van der Waals surface area contributed by atoms with Gasteiger partial charge in [0.15, 0.2) is 0 Å². The smallest absolute Gasteiger partial charge is 0.377 e. The number of rotatable bonds is 3. The average molecular weight is 233 g/mol. The van der Waals surface area contributed by atoms with E-state index in [0.29, 0.717) is 0 Å². The van der Waals surface area contributed by atoms with Crippen LogP contribution in [0.5, 0.6) is 5.75 Å². The SMILES string of the molecule is COc1cc(C(=O)C(=O)O)c(F)cc1Cl. The van der Waals surface area contributed by atoms with Crippen molar-refractivity contribution in [2.24, 2.45) is 0 Å². The van der Waals surface area contributed by atoms with Crippen molar-refractivity contribution in [1.29, 1.82) is 0 Å². The van der Waals surface area contributed by atoms with Crippen LogP contribution in [0.3, 0.4) is 0 Å². The number of ketones is 1. The first-order chi connectivity index (χ1) is 6.97. The van der Waals surface area contributed by atoms with Crippen molar-refractivity contribution >= 4 is 23.4 Å². The zero-order chi connectivity index (χ0) is 11.6. The zero-order valence-electron chi connectivity index (χ0n) is 7.58. The summed E-state index contributed by atoms with van der Waals surface area (Å²) in [6, 6.07) is 1.78. The number of hydrogen-bond acceptors (Lipinski definition) is 3. The molecule has 0 bridgehead atoms. The molecule has 0 unspecified atom stereocenters. The van der Waals surface area contributed by atoms with E-state index in [-0.39, 0.29) is 10.8 Å². The molecule has 0 aromatic heterocycles. The maximum Gasteiger partial charge on any atom is 0.377 e. The third kappa shape index (κ3) is 2.24. The molecule has 0 saturated carbocycles. The van der Waals surface area contributed by atoms with Gasteiger partial charge in [-0.2, -0.15) is 0 Å². The van der Waals surface area contributed by atoms with Gasteiger partial charge in [-0.3, -0.25) is 4.79 Å². The van der Waals surface area contributed by atoms with Gasteiger partial charge >= 0.3 is 5.97 Å². The Kier molecular flexibility index (Phi) is 3.26. The highest BCUT2D eigenvalue weighted by Gasteiger charge is 2.21. The van der Waals surface area contributed by atoms with Crippen LogP contribution in [0, 0.1) is 5.82 Å². The number of carbonyl (C=O) groups excluding carboxylic acids is 1. The van der Waals surface area contributed by atoms with Gasteiger partial charge in [-0.15, -0.1) is 0 Å². The third-order valence-corrected chi connectivity index (χ3v) is 1.98. The molecule has 0 heterocycles. The van der Waals surface area contributed by atoms with Crippen LogP contribution in [0.1, 0.15) is 10.4 Å². The maximum absolute atomic E-state index is 13.2. The van der Waals surface area contributed by atoms with E-state index >= 15 is 0 Å². The molecule has 0 fully saturated rings. The predicted octanol–water partition coefficient (Wildman–Crippen LogP) is 1.76. The van der Waals surface area contributed by atoms with Gasteiger partial charge in [-0.05, 0) is 12.1 Å². The largest absolute Gasteiger partial charge is 0.495 e. The molecule has 1 aromatic carbocycles. The minimum absolute atomic E-state index is 0.0306. The van der Waals surface area contributed by atoms with Crippen molar-refractivity contribution in [1.82, 2.24) is 0 Å². The first-order valence-electron chi connectivity index (χ1n) is 3.78. The van der Waals surface area contributed by atoms with Gasteiger partial charge in [0.1, 0.15) is 11.6 Å². The summed E-state index contributed by atoms with van der Waals surface area (Å²) < 4.78 is 17.9. The van der Waals surface area contributed by atoms with Crippen molar-refractivity contribution in [2.45, 2.75) is 0 Å². The highest BCUT2D eigenvalue weighted by atomic mass is 35.5. The summed E-state index contributed by atoms with van der Waals surface area (Å²) in [5, 5.41) is 8.37. The Balaban J connectivity index is 3.30. The van der Waals surface area contributed by atoms with Crippen LogP contribution in [0.2, 0.25) is 5.02 Å². The summed E-state index contributed by atoms with van der Waals surface area (Å²) >= 11 is 5.56. The summed E-state index contributed by atoms with van der Waals surface area (Å²) in [4.78, 5) is 21.4. The second-order valence-corrected chi connectivity index (χ2v) is 3.01. The van der Waals surface area contributed by atoms with Crippen LogP contribution in [-0.4, -0.2) is 24.0 Å². The summed E-state index contributed by atoms with van der Waals surface area (Å²) in [6.07, 6.45) is 0. The zero-order valence-corrected chi connectivity index (χ0v) is 8.34. The number of carboxylic acids is 1. The number of aliphatic carboxylic acids is 1.